The molecule has 3 aromatic rings. The van der Waals surface area contributed by atoms with Crippen molar-refractivity contribution in [2.24, 2.45) is 11.7 Å². The fourth-order valence-corrected chi connectivity index (χ4v) is 9.79. The molecule has 1 aromatic heterocycles. The summed E-state index contributed by atoms with van der Waals surface area (Å²) in [4.78, 5) is 96.5. The van der Waals surface area contributed by atoms with E-state index >= 15 is 0 Å². The van der Waals surface area contributed by atoms with Crippen LogP contribution in [0.4, 0.5) is 16.3 Å². The highest BCUT2D eigenvalue weighted by Crippen LogP contribution is 2.35. The number of urea groups is 1. The summed E-state index contributed by atoms with van der Waals surface area (Å²) in [7, 11) is 1.84. The number of nitrogens with zero attached hydrogens (tertiary/aromatic N) is 8. The first-order chi connectivity index (χ1) is 28.5. The van der Waals surface area contributed by atoms with Gasteiger partial charge < -0.3 is 30.2 Å². The average Bonchev–Trinajstić information content (AvgIpc) is 3.69. The third kappa shape index (κ3) is 7.49. The Labute approximate surface area is 342 Å². The van der Waals surface area contributed by atoms with Gasteiger partial charge in [0.25, 0.3) is 17.7 Å². The number of imide groups is 2. The van der Waals surface area contributed by atoms with E-state index in [0.29, 0.717) is 47.4 Å². The van der Waals surface area contributed by atoms with Crippen LogP contribution in [-0.2, 0) is 16.0 Å². The van der Waals surface area contributed by atoms with Gasteiger partial charge in [0.2, 0.25) is 11.8 Å². The third-order valence-corrected chi connectivity index (χ3v) is 13.1. The predicted octanol–water partition coefficient (Wildman–Crippen LogP) is 2.22. The maximum atomic E-state index is 13.3. The zero-order chi connectivity index (χ0) is 40.9. The maximum absolute atomic E-state index is 13.3. The molecule has 0 bridgehead atoms. The minimum Gasteiger partial charge on any atom is -0.371 e. The predicted molar refractivity (Wildman–Crippen MR) is 217 cm³/mol. The van der Waals surface area contributed by atoms with Crippen LogP contribution in [0.2, 0.25) is 0 Å². The van der Waals surface area contributed by atoms with E-state index < -0.39 is 35.6 Å². The summed E-state index contributed by atoms with van der Waals surface area (Å²) in [5.74, 6) is -0.919. The van der Waals surface area contributed by atoms with Gasteiger partial charge in [0.1, 0.15) is 17.6 Å². The molecule has 1 unspecified atom stereocenters. The Bertz CT molecular complexity index is 2200. The van der Waals surface area contributed by atoms with E-state index in [1.165, 1.54) is 5.56 Å². The van der Waals surface area contributed by atoms with Crippen LogP contribution in [0.25, 0.3) is 0 Å². The number of carbonyl (C=O) groups is 6. The number of aromatic nitrogens is 2. The van der Waals surface area contributed by atoms with Gasteiger partial charge in [-0.3, -0.25) is 34.2 Å². The first kappa shape index (κ1) is 38.6. The number of hydrogen-bond donors (Lipinski definition) is 2. The minimum absolute atomic E-state index is 0.0715. The molecule has 7 amide bonds. The van der Waals surface area contributed by atoms with E-state index in [9.17, 15) is 28.8 Å². The van der Waals surface area contributed by atoms with Crippen molar-refractivity contribution in [2.45, 2.75) is 62.9 Å². The zero-order valence-corrected chi connectivity index (χ0v) is 33.3. The molecule has 5 fully saturated rings. The first-order valence-electron chi connectivity index (χ1n) is 20.8. The highest BCUT2D eigenvalue weighted by Gasteiger charge is 2.45. The molecule has 2 atom stereocenters. The van der Waals surface area contributed by atoms with Gasteiger partial charge in [-0.05, 0) is 80.4 Å². The van der Waals surface area contributed by atoms with Gasteiger partial charge >= 0.3 is 6.03 Å². The molecule has 2 aromatic carbocycles. The van der Waals surface area contributed by atoms with Crippen LogP contribution in [0.15, 0.2) is 48.7 Å². The second kappa shape index (κ2) is 15.7. The standard InChI is InChI=1S/C43H50N10O6/c1-48-17-18-52(43(48)59)31-3-2-14-50(25-31)36-21-45-38(39(44)55)34(46-36)19-26-4-6-28(7-5-26)29-12-15-49(16-13-29)22-27-23-51(24-27)30-8-9-32-33(20-30)42(58)53(41(32)57)35-10-11-37(54)47-40(35)56/h4-9,20-21,27,29,31,35H,2-3,10-19,22-25H2,1H3,(H2,44,55)(H,47,54,56)/t31-,35?/m1/s1. The molecule has 3 N–H and O–H groups in total. The summed E-state index contributed by atoms with van der Waals surface area (Å²) in [6, 6.07) is 13.1. The molecule has 5 saturated heterocycles. The van der Waals surface area contributed by atoms with Crippen molar-refractivity contribution in [3.8, 4) is 0 Å². The second-order valence-corrected chi connectivity index (χ2v) is 17.0. The molecule has 0 spiro atoms. The van der Waals surface area contributed by atoms with Crippen molar-refractivity contribution in [3.05, 3.63) is 82.3 Å². The monoisotopic (exact) mass is 802 g/mol. The van der Waals surface area contributed by atoms with E-state index in [4.69, 9.17) is 10.7 Å². The first-order valence-corrected chi connectivity index (χ1v) is 20.8. The van der Waals surface area contributed by atoms with Crippen molar-refractivity contribution < 1.29 is 28.8 Å². The topological polar surface area (TPSA) is 186 Å². The highest BCUT2D eigenvalue weighted by atomic mass is 16.2. The van der Waals surface area contributed by atoms with E-state index in [1.807, 2.05) is 18.0 Å². The quantitative estimate of drug-likeness (QED) is 0.287. The van der Waals surface area contributed by atoms with Crippen molar-refractivity contribution in [2.75, 3.05) is 75.8 Å². The number of rotatable bonds is 10. The third-order valence-electron chi connectivity index (χ3n) is 13.1. The minimum atomic E-state index is -0.972. The molecule has 0 aliphatic carbocycles. The maximum Gasteiger partial charge on any atom is 0.320 e. The second-order valence-electron chi connectivity index (χ2n) is 17.0. The van der Waals surface area contributed by atoms with E-state index in [0.717, 1.165) is 94.2 Å². The molecule has 6 aliphatic heterocycles. The fraction of sp³-hybridized carbons (Fsp3) is 0.488. The van der Waals surface area contributed by atoms with E-state index in [2.05, 4.69) is 49.3 Å². The van der Waals surface area contributed by atoms with Gasteiger partial charge in [-0.25, -0.2) is 14.8 Å². The lowest BCUT2D eigenvalue weighted by molar-refractivity contribution is -0.136. The van der Waals surface area contributed by atoms with Crippen LogP contribution < -0.4 is 20.9 Å². The number of nitrogens with one attached hydrogen (secondary N) is 1. The van der Waals surface area contributed by atoms with Crippen molar-refractivity contribution in [3.63, 3.8) is 0 Å². The summed E-state index contributed by atoms with van der Waals surface area (Å²) < 4.78 is 0. The Balaban J connectivity index is 0.760. The Morgan fingerprint density at radius 2 is 1.61 bits per heavy atom. The molecule has 0 saturated carbocycles. The molecular formula is C43H50N10O6. The number of hydrogen-bond acceptors (Lipinski definition) is 11. The number of piperidine rings is 3. The summed E-state index contributed by atoms with van der Waals surface area (Å²) in [5.41, 5.74) is 10.3. The normalized spacial score (nSPS) is 23.3. The van der Waals surface area contributed by atoms with Gasteiger partial charge in [-0.15, -0.1) is 0 Å². The number of carbonyl (C=O) groups excluding carboxylic acids is 6. The van der Waals surface area contributed by atoms with Gasteiger partial charge in [0, 0.05) is 77.3 Å². The molecule has 9 rings (SSSR count). The van der Waals surface area contributed by atoms with Crippen LogP contribution in [0, 0.1) is 5.92 Å². The molecule has 59 heavy (non-hydrogen) atoms. The number of fused-ring (bicyclic) bond motifs is 1. The van der Waals surface area contributed by atoms with Crippen LogP contribution in [0.1, 0.15) is 92.5 Å². The Kier molecular flexibility index (Phi) is 10.3. The van der Waals surface area contributed by atoms with E-state index in [-0.39, 0.29) is 30.6 Å². The number of anilines is 2. The van der Waals surface area contributed by atoms with Crippen LogP contribution in [0.5, 0.6) is 0 Å². The number of benzene rings is 2. The Hall–Kier alpha value is -5.90. The molecule has 0 radical (unpaired) electrons. The number of nitrogens with two attached hydrogens (primary N) is 1. The lowest BCUT2D eigenvalue weighted by Crippen LogP contribution is -2.54. The van der Waals surface area contributed by atoms with Crippen LogP contribution in [-0.4, -0.2) is 143 Å². The van der Waals surface area contributed by atoms with Gasteiger partial charge in [0.15, 0.2) is 0 Å². The molecule has 16 nitrogen and oxygen atoms in total. The molecular weight excluding hydrogens is 753 g/mol. The van der Waals surface area contributed by atoms with Gasteiger partial charge in [-0.2, -0.15) is 0 Å². The SMILES string of the molecule is CN1CCN([C@@H]2CCCN(c3cnc(C(N)=O)c(Cc4ccc(C5CCN(CC6CN(c7ccc8c(c7)C(=O)N(C7CCC(=O)NC7=O)C8=O)C6)CC5)cc4)n3)C2)C1=O. The smallest absolute Gasteiger partial charge is 0.320 e. The average molecular weight is 803 g/mol. The lowest BCUT2D eigenvalue weighted by atomic mass is 9.88. The van der Waals surface area contributed by atoms with Crippen LogP contribution in [0.3, 0.4) is 0 Å². The van der Waals surface area contributed by atoms with Gasteiger partial charge in [0.05, 0.1) is 29.1 Å². The van der Waals surface area contributed by atoms with E-state index in [1.54, 1.807) is 23.2 Å². The summed E-state index contributed by atoms with van der Waals surface area (Å²) in [6.45, 7) is 7.70. The lowest BCUT2D eigenvalue weighted by Gasteiger charge is -2.44. The molecule has 7 heterocycles. The molecule has 16 heteroatoms. The zero-order valence-electron chi connectivity index (χ0n) is 33.3. The molecule has 6 aliphatic rings. The number of likely N-dealkylation sites (tertiary alicyclic amines) is 1. The van der Waals surface area contributed by atoms with Crippen LogP contribution >= 0.6 is 0 Å². The summed E-state index contributed by atoms with van der Waals surface area (Å²) in [5, 5.41) is 2.24. The summed E-state index contributed by atoms with van der Waals surface area (Å²) in [6.07, 6.45) is 6.31. The van der Waals surface area contributed by atoms with Crippen molar-refractivity contribution >= 4 is 47.1 Å². The highest BCUT2D eigenvalue weighted by molar-refractivity contribution is 6.23. The molecule has 308 valence electrons. The van der Waals surface area contributed by atoms with Crippen molar-refractivity contribution in [1.29, 1.82) is 0 Å². The Morgan fingerprint density at radius 1 is 0.847 bits per heavy atom. The largest absolute Gasteiger partial charge is 0.371 e. The number of likely N-dealkylation sites (N-methyl/N-ethyl adjacent to an activating group) is 1. The van der Waals surface area contributed by atoms with Gasteiger partial charge in [-0.1, -0.05) is 24.3 Å². The number of amides is 7. The number of primary amides is 1. The van der Waals surface area contributed by atoms with Crippen molar-refractivity contribution in [1.82, 2.24) is 34.9 Å². The fourth-order valence-electron chi connectivity index (χ4n) is 9.79. The Morgan fingerprint density at radius 3 is 2.32 bits per heavy atom. The summed E-state index contributed by atoms with van der Waals surface area (Å²) >= 11 is 0.